The van der Waals surface area contributed by atoms with Crippen molar-refractivity contribution in [2.45, 2.75) is 52.1 Å². The Kier molecular flexibility index (Phi) is 9.43. The summed E-state index contributed by atoms with van der Waals surface area (Å²) >= 11 is 0. The van der Waals surface area contributed by atoms with E-state index in [-0.39, 0.29) is 42.2 Å². The number of carbonyl (C=O) groups excluding carboxylic acids is 2. The number of unbranched alkanes of at least 4 members (excludes halogenated alkanes) is 1. The SMILES string of the molecule is CCCCOc1nc(N)c2[nH]c(=O)n(CCCN(Cc3ccccc3)C(=O)CCC(=O)N(C)C)c2n1. The van der Waals surface area contributed by atoms with Crippen molar-refractivity contribution < 1.29 is 14.3 Å². The number of aromatic amines is 1. The van der Waals surface area contributed by atoms with Gasteiger partial charge < -0.3 is 25.3 Å². The van der Waals surface area contributed by atoms with Crippen LogP contribution in [0.2, 0.25) is 0 Å². The van der Waals surface area contributed by atoms with Crippen molar-refractivity contribution in [3.8, 4) is 6.01 Å². The molecule has 36 heavy (non-hydrogen) atoms. The number of aromatic nitrogens is 4. The lowest BCUT2D eigenvalue weighted by atomic mass is 10.2. The Morgan fingerprint density at radius 2 is 1.81 bits per heavy atom. The fourth-order valence-electron chi connectivity index (χ4n) is 3.72. The third kappa shape index (κ3) is 7.06. The first-order valence-electron chi connectivity index (χ1n) is 12.2. The number of amides is 2. The Labute approximate surface area is 210 Å². The van der Waals surface area contributed by atoms with E-state index in [1.165, 1.54) is 9.47 Å². The number of nitrogens with one attached hydrogen (secondary N) is 1. The predicted octanol–water partition coefficient (Wildman–Crippen LogP) is 2.17. The zero-order valence-corrected chi connectivity index (χ0v) is 21.2. The van der Waals surface area contributed by atoms with E-state index in [4.69, 9.17) is 10.5 Å². The number of hydrogen-bond acceptors (Lipinski definition) is 7. The van der Waals surface area contributed by atoms with Crippen molar-refractivity contribution >= 4 is 28.8 Å². The minimum absolute atomic E-state index is 0.0948. The van der Waals surface area contributed by atoms with E-state index < -0.39 is 0 Å². The van der Waals surface area contributed by atoms with Crippen LogP contribution in [0.5, 0.6) is 6.01 Å². The number of H-pyrrole nitrogens is 1. The van der Waals surface area contributed by atoms with E-state index >= 15 is 0 Å². The quantitative estimate of drug-likeness (QED) is 0.345. The number of fused-ring (bicyclic) bond motifs is 1. The molecule has 3 N–H and O–H groups in total. The largest absolute Gasteiger partial charge is 0.463 e. The van der Waals surface area contributed by atoms with Gasteiger partial charge in [-0.25, -0.2) is 4.79 Å². The number of benzene rings is 1. The summed E-state index contributed by atoms with van der Waals surface area (Å²) in [5.41, 5.74) is 7.40. The highest BCUT2D eigenvalue weighted by Gasteiger charge is 2.18. The molecular formula is C25H35N7O4. The maximum atomic E-state index is 13.0. The highest BCUT2D eigenvalue weighted by Crippen LogP contribution is 2.18. The number of ether oxygens (including phenoxy) is 1. The van der Waals surface area contributed by atoms with Crippen LogP contribution in [0.4, 0.5) is 5.82 Å². The zero-order chi connectivity index (χ0) is 26.1. The number of carbonyl (C=O) groups is 2. The Hall–Kier alpha value is -3.89. The number of rotatable bonds is 13. The van der Waals surface area contributed by atoms with Crippen LogP contribution < -0.4 is 16.2 Å². The molecule has 1 aromatic carbocycles. The first kappa shape index (κ1) is 26.7. The minimum Gasteiger partial charge on any atom is -0.463 e. The summed E-state index contributed by atoms with van der Waals surface area (Å²) in [5.74, 6) is -0.0603. The highest BCUT2D eigenvalue weighted by atomic mass is 16.5. The van der Waals surface area contributed by atoms with Crippen molar-refractivity contribution in [2.75, 3.05) is 33.0 Å². The average Bonchev–Trinajstić information content (AvgIpc) is 3.18. The molecule has 11 heteroatoms. The van der Waals surface area contributed by atoms with Gasteiger partial charge in [-0.1, -0.05) is 43.7 Å². The van der Waals surface area contributed by atoms with Crippen molar-refractivity contribution in [1.29, 1.82) is 0 Å². The van der Waals surface area contributed by atoms with Crippen molar-refractivity contribution in [1.82, 2.24) is 29.3 Å². The summed E-state index contributed by atoms with van der Waals surface area (Å²) in [7, 11) is 3.34. The lowest BCUT2D eigenvalue weighted by Gasteiger charge is -2.23. The van der Waals surface area contributed by atoms with E-state index in [1.807, 2.05) is 30.3 Å². The number of nitrogen functional groups attached to an aromatic ring is 1. The number of anilines is 1. The van der Waals surface area contributed by atoms with Crippen LogP contribution in [-0.2, 0) is 22.7 Å². The molecule has 2 heterocycles. The van der Waals surface area contributed by atoms with Crippen molar-refractivity contribution in [3.05, 3.63) is 46.4 Å². The Bertz CT molecular complexity index is 1220. The molecule has 0 unspecified atom stereocenters. The second-order valence-corrected chi connectivity index (χ2v) is 8.82. The van der Waals surface area contributed by atoms with Gasteiger partial charge in [-0.2, -0.15) is 9.97 Å². The first-order valence-corrected chi connectivity index (χ1v) is 12.2. The Balaban J connectivity index is 1.72. The lowest BCUT2D eigenvalue weighted by molar-refractivity contribution is -0.136. The van der Waals surface area contributed by atoms with Gasteiger partial charge in [0, 0.05) is 46.6 Å². The molecule has 0 saturated carbocycles. The van der Waals surface area contributed by atoms with Crippen molar-refractivity contribution in [2.24, 2.45) is 0 Å². The zero-order valence-electron chi connectivity index (χ0n) is 21.2. The van der Waals surface area contributed by atoms with Gasteiger partial charge in [0.05, 0.1) is 6.61 Å². The van der Waals surface area contributed by atoms with Gasteiger partial charge in [0.1, 0.15) is 5.52 Å². The Morgan fingerprint density at radius 1 is 1.08 bits per heavy atom. The number of aryl methyl sites for hydroxylation is 1. The summed E-state index contributed by atoms with van der Waals surface area (Å²) in [6.07, 6.45) is 2.60. The van der Waals surface area contributed by atoms with Crippen LogP contribution in [0, 0.1) is 0 Å². The third-order valence-electron chi connectivity index (χ3n) is 5.79. The molecular weight excluding hydrogens is 462 g/mol. The standard InChI is InChI=1S/C25H35N7O4/c1-4-5-16-36-24-28-22(26)21-23(29-24)32(25(35)27-21)15-9-14-31(17-18-10-7-6-8-11-18)20(34)13-12-19(33)30(2)3/h6-8,10-11H,4-5,9,12-17H2,1-3H3,(H,27,35)(H2,26,28,29). The normalized spacial score (nSPS) is 11.0. The fraction of sp³-hybridized carbons (Fsp3) is 0.480. The summed E-state index contributed by atoms with van der Waals surface area (Å²) < 4.78 is 7.07. The molecule has 0 aliphatic heterocycles. The van der Waals surface area contributed by atoms with Gasteiger partial charge in [0.2, 0.25) is 11.8 Å². The van der Waals surface area contributed by atoms with Gasteiger partial charge >= 0.3 is 11.7 Å². The smallest absolute Gasteiger partial charge is 0.327 e. The van der Waals surface area contributed by atoms with Crippen LogP contribution >= 0.6 is 0 Å². The first-order chi connectivity index (χ1) is 17.3. The average molecular weight is 498 g/mol. The Morgan fingerprint density at radius 3 is 2.50 bits per heavy atom. The van der Waals surface area contributed by atoms with Gasteiger partial charge in [-0.3, -0.25) is 14.2 Å². The monoisotopic (exact) mass is 497 g/mol. The van der Waals surface area contributed by atoms with E-state index in [1.54, 1.807) is 19.0 Å². The van der Waals surface area contributed by atoms with E-state index in [0.717, 1.165) is 18.4 Å². The molecule has 0 radical (unpaired) electrons. The minimum atomic E-state index is -0.353. The number of nitrogens with zero attached hydrogens (tertiary/aromatic N) is 5. The van der Waals surface area contributed by atoms with Gasteiger partial charge in [-0.15, -0.1) is 0 Å². The summed E-state index contributed by atoms with van der Waals surface area (Å²) in [4.78, 5) is 52.0. The topological polar surface area (TPSA) is 139 Å². The van der Waals surface area contributed by atoms with E-state index in [0.29, 0.717) is 43.8 Å². The van der Waals surface area contributed by atoms with E-state index in [2.05, 4.69) is 21.9 Å². The van der Waals surface area contributed by atoms with Gasteiger partial charge in [0.25, 0.3) is 0 Å². The van der Waals surface area contributed by atoms with Gasteiger partial charge in [-0.05, 0) is 18.4 Å². The lowest BCUT2D eigenvalue weighted by Crippen LogP contribution is -2.33. The molecule has 2 amide bonds. The molecule has 0 aliphatic carbocycles. The molecule has 3 rings (SSSR count). The number of hydrogen-bond donors (Lipinski definition) is 2. The second kappa shape index (κ2) is 12.7. The molecule has 11 nitrogen and oxygen atoms in total. The van der Waals surface area contributed by atoms with Crippen LogP contribution in [0.1, 0.15) is 44.6 Å². The molecule has 194 valence electrons. The molecule has 2 aromatic heterocycles. The third-order valence-corrected chi connectivity index (χ3v) is 5.79. The molecule has 0 saturated heterocycles. The molecule has 0 bridgehead atoms. The van der Waals surface area contributed by atoms with Gasteiger partial charge in [0.15, 0.2) is 11.5 Å². The summed E-state index contributed by atoms with van der Waals surface area (Å²) in [6.45, 7) is 3.66. The summed E-state index contributed by atoms with van der Waals surface area (Å²) in [5, 5.41) is 0. The predicted molar refractivity (Wildman–Crippen MR) is 137 cm³/mol. The van der Waals surface area contributed by atoms with Crippen LogP contribution in [0.15, 0.2) is 35.1 Å². The molecule has 0 fully saturated rings. The fourth-order valence-corrected chi connectivity index (χ4v) is 3.72. The van der Waals surface area contributed by atoms with Crippen molar-refractivity contribution in [3.63, 3.8) is 0 Å². The highest BCUT2D eigenvalue weighted by molar-refractivity contribution is 5.83. The molecule has 0 atom stereocenters. The maximum absolute atomic E-state index is 13.0. The van der Waals surface area contributed by atoms with E-state index in [9.17, 15) is 14.4 Å². The van der Waals surface area contributed by atoms with Crippen LogP contribution in [-0.4, -0.2) is 68.4 Å². The number of nitrogens with two attached hydrogens (primary N) is 1. The maximum Gasteiger partial charge on any atom is 0.327 e. The second-order valence-electron chi connectivity index (χ2n) is 8.82. The molecule has 0 spiro atoms. The molecule has 0 aliphatic rings. The van der Waals surface area contributed by atoms with Crippen LogP contribution in [0.25, 0.3) is 11.2 Å². The molecule has 3 aromatic rings. The number of imidazole rings is 1. The van der Waals surface area contributed by atoms with Crippen LogP contribution in [0.3, 0.4) is 0 Å². The summed E-state index contributed by atoms with van der Waals surface area (Å²) in [6, 6.07) is 9.80.